The van der Waals surface area contributed by atoms with Crippen LogP contribution in [-0.4, -0.2) is 26.9 Å². The lowest BCUT2D eigenvalue weighted by Crippen LogP contribution is -2.36. The average Bonchev–Trinajstić information content (AvgIpc) is 2.72. The number of nitrogen functional groups attached to an aromatic ring is 1. The Labute approximate surface area is 117 Å². The third kappa shape index (κ3) is 2.92. The molecule has 0 aromatic heterocycles. The lowest BCUT2D eigenvalue weighted by molar-refractivity contribution is -0.119. The predicted octanol–water partition coefficient (Wildman–Crippen LogP) is -0.244. The van der Waals surface area contributed by atoms with Crippen molar-refractivity contribution in [2.45, 2.75) is 31.2 Å². The van der Waals surface area contributed by atoms with Gasteiger partial charge in [-0.3, -0.25) is 10.6 Å². The van der Waals surface area contributed by atoms with Crippen molar-refractivity contribution in [2.75, 3.05) is 12.0 Å². The van der Waals surface area contributed by atoms with Crippen LogP contribution in [0.15, 0.2) is 17.0 Å². The number of sulfonamides is 1. The molecule has 0 aliphatic carbocycles. The van der Waals surface area contributed by atoms with E-state index in [9.17, 15) is 13.2 Å². The van der Waals surface area contributed by atoms with E-state index in [1.807, 2.05) is 0 Å². The number of benzene rings is 1. The molecule has 20 heavy (non-hydrogen) atoms. The number of aryl methyl sites for hydroxylation is 2. The summed E-state index contributed by atoms with van der Waals surface area (Å²) < 4.78 is 27.4. The molecule has 0 saturated carbocycles. The minimum Gasteiger partial charge on any atom is -0.354 e. The first-order chi connectivity index (χ1) is 9.33. The molecule has 7 nitrogen and oxygen atoms in total. The molecule has 0 bridgehead atoms. The highest BCUT2D eigenvalue weighted by atomic mass is 32.2. The molecule has 1 aromatic carbocycles. The fourth-order valence-corrected chi connectivity index (χ4v) is 4.11. The molecule has 1 fully saturated rings. The molecule has 1 amide bonds. The summed E-state index contributed by atoms with van der Waals surface area (Å²) in [6.07, 6.45) is 0.166. The zero-order valence-electron chi connectivity index (χ0n) is 11.4. The number of rotatable bonds is 4. The van der Waals surface area contributed by atoms with Gasteiger partial charge in [-0.1, -0.05) is 0 Å². The maximum absolute atomic E-state index is 12.4. The van der Waals surface area contributed by atoms with Gasteiger partial charge < -0.3 is 10.7 Å². The van der Waals surface area contributed by atoms with Gasteiger partial charge in [0.2, 0.25) is 15.9 Å². The maximum atomic E-state index is 12.4. The minimum absolute atomic E-state index is 0.145. The lowest BCUT2D eigenvalue weighted by atomic mass is 10.1. The Bertz CT molecular complexity index is 619. The Morgan fingerprint density at radius 3 is 2.35 bits per heavy atom. The molecule has 1 unspecified atom stereocenters. The molecule has 110 valence electrons. The standard InChI is InChI=1S/C12H18N4O3S/c1-7-3-9(15-13)4-8(2)12(7)20(18,19)16-10-5-11(17)14-6-10/h3-4,10,15-16H,5-6,13H2,1-2H3,(H,14,17). The van der Waals surface area contributed by atoms with Crippen molar-refractivity contribution >= 4 is 21.6 Å². The molecule has 1 heterocycles. The van der Waals surface area contributed by atoms with E-state index in [-0.39, 0.29) is 17.2 Å². The van der Waals surface area contributed by atoms with Gasteiger partial charge >= 0.3 is 0 Å². The van der Waals surface area contributed by atoms with E-state index in [1.165, 1.54) is 0 Å². The summed E-state index contributed by atoms with van der Waals surface area (Å²) in [5.74, 6) is 5.19. The number of amides is 1. The minimum atomic E-state index is -3.66. The third-order valence-electron chi connectivity index (χ3n) is 3.19. The molecule has 8 heteroatoms. The quantitative estimate of drug-likeness (QED) is 0.452. The van der Waals surface area contributed by atoms with Gasteiger partial charge in [0.1, 0.15) is 0 Å². The molecule has 1 aromatic rings. The number of nitrogens with two attached hydrogens (primary N) is 1. The molecular formula is C12H18N4O3S. The maximum Gasteiger partial charge on any atom is 0.241 e. The van der Waals surface area contributed by atoms with Gasteiger partial charge in [0.05, 0.1) is 4.90 Å². The van der Waals surface area contributed by atoms with E-state index in [0.29, 0.717) is 23.4 Å². The van der Waals surface area contributed by atoms with Crippen LogP contribution >= 0.6 is 0 Å². The summed E-state index contributed by atoms with van der Waals surface area (Å²) in [5.41, 5.74) is 4.35. The van der Waals surface area contributed by atoms with Gasteiger partial charge in [-0.2, -0.15) is 0 Å². The highest BCUT2D eigenvalue weighted by molar-refractivity contribution is 7.89. The van der Waals surface area contributed by atoms with Gasteiger partial charge in [-0.05, 0) is 37.1 Å². The van der Waals surface area contributed by atoms with Crippen molar-refractivity contribution in [2.24, 2.45) is 5.84 Å². The van der Waals surface area contributed by atoms with Crippen molar-refractivity contribution in [1.82, 2.24) is 10.0 Å². The second-order valence-corrected chi connectivity index (χ2v) is 6.56. The zero-order valence-corrected chi connectivity index (χ0v) is 12.2. The van der Waals surface area contributed by atoms with Crippen LogP contribution in [0.4, 0.5) is 5.69 Å². The summed E-state index contributed by atoms with van der Waals surface area (Å²) in [5, 5.41) is 2.60. The van der Waals surface area contributed by atoms with E-state index >= 15 is 0 Å². The number of carbonyl (C=O) groups excluding carboxylic acids is 1. The molecule has 1 aliphatic rings. The van der Waals surface area contributed by atoms with E-state index in [4.69, 9.17) is 5.84 Å². The lowest BCUT2D eigenvalue weighted by Gasteiger charge is -2.16. The van der Waals surface area contributed by atoms with Crippen LogP contribution in [0.1, 0.15) is 17.5 Å². The monoisotopic (exact) mass is 298 g/mol. The number of anilines is 1. The molecule has 2 rings (SSSR count). The van der Waals surface area contributed by atoms with Crippen molar-refractivity contribution in [1.29, 1.82) is 0 Å². The highest BCUT2D eigenvalue weighted by Gasteiger charge is 2.28. The number of hydrogen-bond acceptors (Lipinski definition) is 5. The molecule has 0 spiro atoms. The molecule has 0 radical (unpaired) electrons. The van der Waals surface area contributed by atoms with Gasteiger partial charge in [0.15, 0.2) is 0 Å². The van der Waals surface area contributed by atoms with Crippen LogP contribution < -0.4 is 21.3 Å². The number of carbonyl (C=O) groups is 1. The average molecular weight is 298 g/mol. The Hall–Kier alpha value is -1.64. The Kier molecular flexibility index (Phi) is 3.98. The van der Waals surface area contributed by atoms with Crippen molar-refractivity contribution in [3.05, 3.63) is 23.3 Å². The molecule has 1 aliphatic heterocycles. The van der Waals surface area contributed by atoms with E-state index in [0.717, 1.165) is 0 Å². The summed E-state index contributed by atoms with van der Waals surface area (Å²) >= 11 is 0. The zero-order chi connectivity index (χ0) is 14.9. The number of nitrogens with one attached hydrogen (secondary N) is 3. The number of hydrazine groups is 1. The molecule has 5 N–H and O–H groups in total. The van der Waals surface area contributed by atoms with Crippen molar-refractivity contribution in [3.8, 4) is 0 Å². The van der Waals surface area contributed by atoms with Crippen LogP contribution in [0.3, 0.4) is 0 Å². The molecular weight excluding hydrogens is 280 g/mol. The summed E-state index contributed by atoms with van der Waals surface area (Å²) in [6.45, 7) is 3.74. The van der Waals surface area contributed by atoms with Crippen LogP contribution in [0, 0.1) is 13.8 Å². The fourth-order valence-electron chi connectivity index (χ4n) is 2.42. The van der Waals surface area contributed by atoms with Gasteiger partial charge in [-0.15, -0.1) is 0 Å². The smallest absolute Gasteiger partial charge is 0.241 e. The first kappa shape index (κ1) is 14.8. The fraction of sp³-hybridized carbons (Fsp3) is 0.417. The topological polar surface area (TPSA) is 113 Å². The Balaban J connectivity index is 2.32. The Morgan fingerprint density at radius 1 is 1.30 bits per heavy atom. The van der Waals surface area contributed by atoms with Gasteiger partial charge in [-0.25, -0.2) is 13.1 Å². The van der Waals surface area contributed by atoms with Crippen LogP contribution in [0.2, 0.25) is 0 Å². The predicted molar refractivity (Wildman–Crippen MR) is 75.5 cm³/mol. The summed E-state index contributed by atoms with van der Waals surface area (Å²) in [6, 6.07) is 2.93. The SMILES string of the molecule is Cc1cc(NN)cc(C)c1S(=O)(=O)NC1CNC(=O)C1. The normalized spacial score (nSPS) is 18.9. The Morgan fingerprint density at radius 2 is 1.90 bits per heavy atom. The van der Waals surface area contributed by atoms with Crippen molar-refractivity contribution < 1.29 is 13.2 Å². The number of hydrogen-bond donors (Lipinski definition) is 4. The van der Waals surface area contributed by atoms with Gasteiger partial charge in [0.25, 0.3) is 0 Å². The summed E-state index contributed by atoms with van der Waals surface area (Å²) in [7, 11) is -3.66. The summed E-state index contributed by atoms with van der Waals surface area (Å²) in [4.78, 5) is 11.4. The second kappa shape index (κ2) is 5.39. The van der Waals surface area contributed by atoms with Crippen LogP contribution in [-0.2, 0) is 14.8 Å². The third-order valence-corrected chi connectivity index (χ3v) is 5.02. The molecule has 1 saturated heterocycles. The first-order valence-electron chi connectivity index (χ1n) is 6.20. The van der Waals surface area contributed by atoms with Crippen molar-refractivity contribution in [3.63, 3.8) is 0 Å². The molecule has 1 atom stereocenters. The second-order valence-electron chi connectivity index (χ2n) is 4.91. The van der Waals surface area contributed by atoms with E-state index in [2.05, 4.69) is 15.5 Å². The largest absolute Gasteiger partial charge is 0.354 e. The highest BCUT2D eigenvalue weighted by Crippen LogP contribution is 2.24. The van der Waals surface area contributed by atoms with E-state index in [1.54, 1.807) is 26.0 Å². The van der Waals surface area contributed by atoms with E-state index < -0.39 is 16.1 Å². The van der Waals surface area contributed by atoms with Crippen LogP contribution in [0.5, 0.6) is 0 Å². The van der Waals surface area contributed by atoms with Gasteiger partial charge in [0, 0.05) is 24.7 Å². The first-order valence-corrected chi connectivity index (χ1v) is 7.68. The van der Waals surface area contributed by atoms with Crippen LogP contribution in [0.25, 0.3) is 0 Å².